The molecular formula is C12H13BrN4S. The summed E-state index contributed by atoms with van der Waals surface area (Å²) in [5.74, 6) is 8.29. The van der Waals surface area contributed by atoms with Gasteiger partial charge in [-0.15, -0.1) is 10.2 Å². The Morgan fingerprint density at radius 2 is 2.11 bits per heavy atom. The normalized spacial score (nSPS) is 14.9. The van der Waals surface area contributed by atoms with E-state index in [1.165, 1.54) is 18.4 Å². The highest BCUT2D eigenvalue weighted by atomic mass is 79.9. The van der Waals surface area contributed by atoms with Gasteiger partial charge in [0.25, 0.3) is 0 Å². The smallest absolute Gasteiger partial charge is 0.210 e. The molecule has 18 heavy (non-hydrogen) atoms. The molecule has 0 amide bonds. The Morgan fingerprint density at radius 1 is 1.33 bits per heavy atom. The van der Waals surface area contributed by atoms with E-state index in [1.54, 1.807) is 16.4 Å². The quantitative estimate of drug-likeness (QED) is 0.694. The molecule has 2 aromatic rings. The van der Waals surface area contributed by atoms with Crippen LogP contribution in [0, 0.1) is 0 Å². The molecule has 1 heterocycles. The van der Waals surface area contributed by atoms with Crippen LogP contribution >= 0.6 is 27.7 Å². The first-order chi connectivity index (χ1) is 8.75. The van der Waals surface area contributed by atoms with Crippen molar-refractivity contribution in [1.29, 1.82) is 0 Å². The molecule has 0 atom stereocenters. The molecule has 0 spiro atoms. The zero-order valence-electron chi connectivity index (χ0n) is 9.71. The number of nitrogens with two attached hydrogens (primary N) is 1. The number of hydrogen-bond donors (Lipinski definition) is 1. The monoisotopic (exact) mass is 324 g/mol. The molecule has 1 aromatic heterocycles. The minimum Gasteiger partial charge on any atom is -0.336 e. The van der Waals surface area contributed by atoms with E-state index >= 15 is 0 Å². The summed E-state index contributed by atoms with van der Waals surface area (Å²) in [6.07, 6.45) is 2.37. The SMILES string of the molecule is Nn1c(SCc2ccccc2Br)nnc1C1CC1. The molecule has 0 bridgehead atoms. The standard InChI is InChI=1S/C12H13BrN4S/c13-10-4-2-1-3-9(10)7-18-12-16-15-11(17(12)14)8-5-6-8/h1-4,8H,5-7,14H2. The van der Waals surface area contributed by atoms with Crippen molar-refractivity contribution < 1.29 is 0 Å². The lowest BCUT2D eigenvalue weighted by Crippen LogP contribution is -2.13. The minimum atomic E-state index is 0.528. The van der Waals surface area contributed by atoms with Crippen molar-refractivity contribution in [2.45, 2.75) is 29.7 Å². The molecular weight excluding hydrogens is 312 g/mol. The zero-order valence-corrected chi connectivity index (χ0v) is 12.1. The maximum atomic E-state index is 6.01. The molecule has 0 radical (unpaired) electrons. The topological polar surface area (TPSA) is 56.7 Å². The zero-order chi connectivity index (χ0) is 12.5. The summed E-state index contributed by atoms with van der Waals surface area (Å²) in [4.78, 5) is 0. The molecule has 1 fully saturated rings. The van der Waals surface area contributed by atoms with Gasteiger partial charge in [-0.25, -0.2) is 4.68 Å². The van der Waals surface area contributed by atoms with Crippen molar-refractivity contribution in [3.8, 4) is 0 Å². The molecule has 3 rings (SSSR count). The van der Waals surface area contributed by atoms with Crippen molar-refractivity contribution in [1.82, 2.24) is 14.9 Å². The van der Waals surface area contributed by atoms with E-state index < -0.39 is 0 Å². The van der Waals surface area contributed by atoms with Crippen LogP contribution in [0.5, 0.6) is 0 Å². The number of benzene rings is 1. The first-order valence-corrected chi connectivity index (χ1v) is 7.60. The number of nitrogens with zero attached hydrogens (tertiary/aromatic N) is 3. The second kappa shape index (κ2) is 4.93. The van der Waals surface area contributed by atoms with Crippen molar-refractivity contribution in [3.63, 3.8) is 0 Å². The van der Waals surface area contributed by atoms with Gasteiger partial charge in [0.05, 0.1) is 0 Å². The van der Waals surface area contributed by atoms with Crippen LogP contribution in [0.15, 0.2) is 33.9 Å². The third-order valence-electron chi connectivity index (χ3n) is 2.95. The molecule has 0 aliphatic heterocycles. The average molecular weight is 325 g/mol. The Bertz CT molecular complexity index is 565. The summed E-state index contributed by atoms with van der Waals surface area (Å²) in [5, 5.41) is 9.11. The van der Waals surface area contributed by atoms with Crippen LogP contribution in [-0.4, -0.2) is 14.9 Å². The Hall–Kier alpha value is -1.01. The fourth-order valence-electron chi connectivity index (χ4n) is 1.76. The summed E-state index contributed by atoms with van der Waals surface area (Å²) in [5.41, 5.74) is 1.23. The second-order valence-corrected chi connectivity index (χ2v) is 6.16. The van der Waals surface area contributed by atoms with Crippen molar-refractivity contribution in [3.05, 3.63) is 40.1 Å². The van der Waals surface area contributed by atoms with E-state index in [2.05, 4.69) is 32.2 Å². The van der Waals surface area contributed by atoms with E-state index in [0.717, 1.165) is 21.2 Å². The highest BCUT2D eigenvalue weighted by Gasteiger charge is 2.29. The second-order valence-electron chi connectivity index (χ2n) is 4.37. The van der Waals surface area contributed by atoms with Crippen molar-refractivity contribution in [2.24, 2.45) is 0 Å². The van der Waals surface area contributed by atoms with Gasteiger partial charge >= 0.3 is 0 Å². The Morgan fingerprint density at radius 3 is 2.83 bits per heavy atom. The highest BCUT2D eigenvalue weighted by molar-refractivity contribution is 9.10. The van der Waals surface area contributed by atoms with Crippen LogP contribution in [0.25, 0.3) is 0 Å². The first-order valence-electron chi connectivity index (χ1n) is 5.82. The van der Waals surface area contributed by atoms with Gasteiger partial charge in [-0.2, -0.15) is 0 Å². The number of thioether (sulfide) groups is 1. The molecule has 94 valence electrons. The van der Waals surface area contributed by atoms with Crippen LogP contribution in [-0.2, 0) is 5.75 Å². The summed E-state index contributed by atoms with van der Waals surface area (Å²) < 4.78 is 2.75. The number of aromatic nitrogens is 3. The minimum absolute atomic E-state index is 0.528. The van der Waals surface area contributed by atoms with Crippen molar-refractivity contribution in [2.75, 3.05) is 5.84 Å². The Kier molecular flexibility index (Phi) is 3.30. The molecule has 1 aliphatic carbocycles. The molecule has 0 saturated heterocycles. The van der Waals surface area contributed by atoms with Crippen LogP contribution in [0.1, 0.15) is 30.1 Å². The molecule has 4 nitrogen and oxygen atoms in total. The van der Waals surface area contributed by atoms with E-state index in [-0.39, 0.29) is 0 Å². The van der Waals surface area contributed by atoms with Gasteiger partial charge in [0.15, 0.2) is 5.82 Å². The van der Waals surface area contributed by atoms with E-state index in [4.69, 9.17) is 5.84 Å². The van der Waals surface area contributed by atoms with Crippen LogP contribution in [0.2, 0.25) is 0 Å². The maximum absolute atomic E-state index is 6.01. The lowest BCUT2D eigenvalue weighted by Gasteiger charge is -2.04. The van der Waals surface area contributed by atoms with Crippen LogP contribution < -0.4 is 5.84 Å². The summed E-state index contributed by atoms with van der Waals surface area (Å²) in [6.45, 7) is 0. The van der Waals surface area contributed by atoms with Crippen molar-refractivity contribution >= 4 is 27.7 Å². The summed E-state index contributed by atoms with van der Waals surface area (Å²) in [6, 6.07) is 8.17. The van der Waals surface area contributed by atoms with Gasteiger partial charge in [0.1, 0.15) is 0 Å². The molecule has 1 aliphatic rings. The number of hydrogen-bond acceptors (Lipinski definition) is 4. The summed E-state index contributed by atoms with van der Waals surface area (Å²) in [7, 11) is 0. The highest BCUT2D eigenvalue weighted by Crippen LogP contribution is 2.39. The largest absolute Gasteiger partial charge is 0.336 e. The third kappa shape index (κ3) is 2.40. The van der Waals surface area contributed by atoms with Gasteiger partial charge in [0.2, 0.25) is 5.16 Å². The van der Waals surface area contributed by atoms with Gasteiger partial charge < -0.3 is 5.84 Å². The average Bonchev–Trinajstić information content (AvgIpc) is 3.14. The fourth-order valence-corrected chi connectivity index (χ4v) is 3.24. The maximum Gasteiger partial charge on any atom is 0.210 e. The predicted molar refractivity (Wildman–Crippen MR) is 75.9 cm³/mol. The number of nitrogen functional groups attached to an aromatic ring is 1. The molecule has 1 aromatic carbocycles. The molecule has 1 saturated carbocycles. The fraction of sp³-hybridized carbons (Fsp3) is 0.333. The number of halogens is 1. The van der Waals surface area contributed by atoms with Gasteiger partial charge in [-0.1, -0.05) is 45.9 Å². The Balaban J connectivity index is 1.72. The predicted octanol–water partition coefficient (Wildman–Crippen LogP) is 2.92. The molecule has 0 unspecified atom stereocenters. The van der Waals surface area contributed by atoms with Gasteiger partial charge in [0, 0.05) is 16.1 Å². The number of rotatable bonds is 4. The van der Waals surface area contributed by atoms with E-state index in [1.807, 2.05) is 18.2 Å². The Labute approximate surface area is 118 Å². The lowest BCUT2D eigenvalue weighted by atomic mass is 10.2. The summed E-state index contributed by atoms with van der Waals surface area (Å²) >= 11 is 5.15. The lowest BCUT2D eigenvalue weighted by molar-refractivity contribution is 0.790. The van der Waals surface area contributed by atoms with Crippen LogP contribution in [0.3, 0.4) is 0 Å². The molecule has 6 heteroatoms. The van der Waals surface area contributed by atoms with Gasteiger partial charge in [-0.3, -0.25) is 0 Å². The van der Waals surface area contributed by atoms with E-state index in [9.17, 15) is 0 Å². The van der Waals surface area contributed by atoms with Crippen LogP contribution in [0.4, 0.5) is 0 Å². The van der Waals surface area contributed by atoms with Gasteiger partial charge in [-0.05, 0) is 24.5 Å². The molecule has 2 N–H and O–H groups in total. The third-order valence-corrected chi connectivity index (χ3v) is 4.71. The first kappa shape index (κ1) is 12.0. The van der Waals surface area contributed by atoms with E-state index in [0.29, 0.717) is 5.92 Å².